The van der Waals surface area contributed by atoms with E-state index in [1.807, 2.05) is 61.6 Å². The smallest absolute Gasteiger partial charge is 0.410 e. The van der Waals surface area contributed by atoms with Crippen LogP contribution in [0.1, 0.15) is 56.6 Å². The minimum Gasteiger partial charge on any atom is -0.444 e. The number of benzene rings is 1. The predicted octanol–water partition coefficient (Wildman–Crippen LogP) is 7.53. The van der Waals surface area contributed by atoms with Gasteiger partial charge in [0.15, 0.2) is 11.5 Å². The molecule has 0 saturated carbocycles. The molecule has 12 heteroatoms. The van der Waals surface area contributed by atoms with Gasteiger partial charge in [-0.25, -0.2) is 14.2 Å². The molecule has 0 bridgehead atoms. The molecule has 0 aliphatic carbocycles. The number of aromatic nitrogens is 3. The average molecular weight is 665 g/mol. The lowest BCUT2D eigenvalue weighted by Gasteiger charge is -2.39. The molecule has 10 nitrogen and oxygen atoms in total. The number of carbonyl (C=O) groups excluding carboxylic acids is 2. The Hall–Kier alpha value is -3.90. The first-order valence-corrected chi connectivity index (χ1v) is 20.2. The van der Waals surface area contributed by atoms with E-state index in [-0.39, 0.29) is 23.7 Å². The van der Waals surface area contributed by atoms with Crippen molar-refractivity contribution in [1.29, 1.82) is 0 Å². The lowest BCUT2D eigenvalue weighted by Crippen LogP contribution is -2.48. The highest BCUT2D eigenvalue weighted by molar-refractivity contribution is 6.76. The molecule has 5 rings (SSSR count). The second-order valence-corrected chi connectivity index (χ2v) is 20.3. The van der Waals surface area contributed by atoms with Crippen LogP contribution in [0, 0.1) is 12.7 Å². The zero-order valence-corrected chi connectivity index (χ0v) is 30.0. The van der Waals surface area contributed by atoms with Gasteiger partial charge in [-0.15, -0.1) is 0 Å². The summed E-state index contributed by atoms with van der Waals surface area (Å²) in [4.78, 5) is 35.1. The number of amides is 2. The number of nitrogens with zero attached hydrogens (tertiary/aromatic N) is 5. The second-order valence-electron chi connectivity index (χ2n) is 14.7. The van der Waals surface area contributed by atoms with Crippen LogP contribution in [0.4, 0.5) is 20.6 Å². The topological polar surface area (TPSA) is 93.3 Å². The van der Waals surface area contributed by atoms with Crippen LogP contribution in [0.15, 0.2) is 42.9 Å². The van der Waals surface area contributed by atoms with Crippen LogP contribution in [-0.2, 0) is 16.2 Å². The first kappa shape index (κ1) is 34.4. The maximum atomic E-state index is 14.8. The molecule has 1 N–H and O–H groups in total. The third-order valence-corrected chi connectivity index (χ3v) is 10.2. The third kappa shape index (κ3) is 8.16. The molecule has 3 aromatic heterocycles. The summed E-state index contributed by atoms with van der Waals surface area (Å²) < 4.78 is 30.2. The van der Waals surface area contributed by atoms with Crippen LogP contribution in [0.2, 0.25) is 25.7 Å². The summed E-state index contributed by atoms with van der Waals surface area (Å²) >= 11 is 0. The van der Waals surface area contributed by atoms with E-state index in [4.69, 9.17) is 9.47 Å². The summed E-state index contributed by atoms with van der Waals surface area (Å²) in [5.74, 6) is -0.846. The number of pyridine rings is 1. The summed E-state index contributed by atoms with van der Waals surface area (Å²) in [6.07, 6.45) is 6.69. The SMILES string of the molecule is CCN(C(=O)OC(C)(C)C)C1CCN(c2ccc(C(=O)Nc3cc(F)c4nc(C)cn4c3)c3c2ccn3COCC[Si](C)(C)C)CC1. The van der Waals surface area contributed by atoms with Crippen molar-refractivity contribution >= 4 is 48.0 Å². The van der Waals surface area contributed by atoms with Crippen molar-refractivity contribution in [2.75, 3.05) is 36.5 Å². The van der Waals surface area contributed by atoms with Crippen molar-refractivity contribution in [2.24, 2.45) is 0 Å². The van der Waals surface area contributed by atoms with E-state index in [1.54, 1.807) is 23.7 Å². The molecule has 0 radical (unpaired) electrons. The monoisotopic (exact) mass is 664 g/mol. The third-order valence-electron chi connectivity index (χ3n) is 8.47. The maximum Gasteiger partial charge on any atom is 0.410 e. The molecule has 1 aliphatic heterocycles. The number of imidazole rings is 1. The van der Waals surface area contributed by atoms with Gasteiger partial charge in [-0.3, -0.25) is 4.79 Å². The number of rotatable bonds is 10. The van der Waals surface area contributed by atoms with Crippen LogP contribution < -0.4 is 10.2 Å². The summed E-state index contributed by atoms with van der Waals surface area (Å²) in [7, 11) is -1.27. The van der Waals surface area contributed by atoms with Crippen molar-refractivity contribution in [3.05, 3.63) is 59.9 Å². The van der Waals surface area contributed by atoms with E-state index in [0.717, 1.165) is 48.6 Å². The van der Waals surface area contributed by atoms with E-state index in [1.165, 1.54) is 6.07 Å². The Morgan fingerprint density at radius 3 is 2.51 bits per heavy atom. The van der Waals surface area contributed by atoms with Crippen molar-refractivity contribution in [1.82, 2.24) is 18.9 Å². The molecule has 1 saturated heterocycles. The summed E-state index contributed by atoms with van der Waals surface area (Å²) in [6.45, 7) is 19.5. The average Bonchev–Trinajstić information content (AvgIpc) is 3.57. The fraction of sp³-hybridized carbons (Fsp3) is 0.514. The van der Waals surface area contributed by atoms with Crippen LogP contribution in [0.5, 0.6) is 0 Å². The standard InChI is InChI=1S/C35H49FN6O4Si/c1-9-42(34(44)46-35(3,4)5)26-12-15-39(16-13-26)30-11-10-28(31-27(30)14-17-40(31)23-45-18-19-47(6,7)8)33(43)38-25-20-29(36)32-37-24(2)21-41(32)22-25/h10-11,14,17,20-22,26H,9,12-13,15-16,18-19,23H2,1-8H3,(H,38,43). The highest BCUT2D eigenvalue weighted by atomic mass is 28.3. The molecule has 0 unspecified atom stereocenters. The van der Waals surface area contributed by atoms with Gasteiger partial charge in [-0.05, 0) is 71.7 Å². The number of carbonyl (C=O) groups is 2. The fourth-order valence-electron chi connectivity index (χ4n) is 6.14. The Bertz CT molecular complexity index is 1750. The lowest BCUT2D eigenvalue weighted by molar-refractivity contribution is 0.0149. The highest BCUT2D eigenvalue weighted by Gasteiger charge is 2.31. The van der Waals surface area contributed by atoms with Crippen molar-refractivity contribution in [3.63, 3.8) is 0 Å². The van der Waals surface area contributed by atoms with Crippen molar-refractivity contribution in [2.45, 2.75) is 91.5 Å². The Labute approximate surface area is 277 Å². The van der Waals surface area contributed by atoms with E-state index in [2.05, 4.69) is 34.8 Å². The normalized spacial score (nSPS) is 14.6. The van der Waals surface area contributed by atoms with E-state index in [0.29, 0.717) is 36.8 Å². The van der Waals surface area contributed by atoms with Crippen LogP contribution >= 0.6 is 0 Å². The molecular weight excluding hydrogens is 616 g/mol. The second kappa shape index (κ2) is 13.7. The number of hydrogen-bond donors (Lipinski definition) is 1. The number of halogens is 1. The van der Waals surface area contributed by atoms with Gasteiger partial charge in [-0.2, -0.15) is 0 Å². The number of piperidine rings is 1. The molecule has 254 valence electrons. The number of ether oxygens (including phenoxy) is 2. The summed E-state index contributed by atoms with van der Waals surface area (Å²) in [5.41, 5.74) is 2.96. The molecule has 47 heavy (non-hydrogen) atoms. The molecule has 1 aliphatic rings. The fourth-order valence-corrected chi connectivity index (χ4v) is 6.90. The number of aryl methyl sites for hydroxylation is 1. The largest absolute Gasteiger partial charge is 0.444 e. The van der Waals surface area contributed by atoms with Crippen molar-refractivity contribution < 1.29 is 23.5 Å². The van der Waals surface area contributed by atoms with E-state index < -0.39 is 19.5 Å². The summed E-state index contributed by atoms with van der Waals surface area (Å²) in [6, 6.07) is 8.29. The maximum absolute atomic E-state index is 14.8. The zero-order chi connectivity index (χ0) is 34.1. The van der Waals surface area contributed by atoms with Gasteiger partial charge in [-0.1, -0.05) is 19.6 Å². The van der Waals surface area contributed by atoms with Gasteiger partial charge in [0.25, 0.3) is 5.91 Å². The molecule has 0 atom stereocenters. The van der Waals surface area contributed by atoms with Gasteiger partial charge in [0.05, 0.1) is 22.5 Å². The minimum absolute atomic E-state index is 0.0908. The van der Waals surface area contributed by atoms with Gasteiger partial charge in [0, 0.05) is 76.1 Å². The van der Waals surface area contributed by atoms with Gasteiger partial charge >= 0.3 is 6.09 Å². The Kier molecular flexibility index (Phi) is 10.0. The minimum atomic E-state index is -1.27. The first-order valence-electron chi connectivity index (χ1n) is 16.5. The van der Waals surface area contributed by atoms with E-state index in [9.17, 15) is 14.0 Å². The molecular formula is C35H49FN6O4Si. The quantitative estimate of drug-likeness (QED) is 0.139. The van der Waals surface area contributed by atoms with Gasteiger partial charge in [0.2, 0.25) is 0 Å². The molecule has 4 aromatic rings. The number of anilines is 2. The number of fused-ring (bicyclic) bond motifs is 2. The number of hydrogen-bond acceptors (Lipinski definition) is 6. The first-order chi connectivity index (χ1) is 22.1. The summed E-state index contributed by atoms with van der Waals surface area (Å²) in [5, 5.41) is 3.85. The van der Waals surface area contributed by atoms with Crippen LogP contribution in [0.3, 0.4) is 0 Å². The van der Waals surface area contributed by atoms with Crippen LogP contribution in [0.25, 0.3) is 16.6 Å². The van der Waals surface area contributed by atoms with Crippen LogP contribution in [-0.4, -0.2) is 76.8 Å². The highest BCUT2D eigenvalue weighted by Crippen LogP contribution is 2.34. The predicted molar refractivity (Wildman–Crippen MR) is 188 cm³/mol. The Morgan fingerprint density at radius 1 is 1.13 bits per heavy atom. The molecule has 4 heterocycles. The Morgan fingerprint density at radius 2 is 1.85 bits per heavy atom. The molecule has 1 fully saturated rings. The number of nitrogens with one attached hydrogen (secondary N) is 1. The lowest BCUT2D eigenvalue weighted by atomic mass is 10.0. The van der Waals surface area contributed by atoms with Gasteiger partial charge in [0.1, 0.15) is 12.3 Å². The molecule has 2 amide bonds. The Balaban J connectivity index is 1.41. The van der Waals surface area contributed by atoms with Gasteiger partial charge < -0.3 is 33.6 Å². The zero-order valence-electron chi connectivity index (χ0n) is 29.0. The van der Waals surface area contributed by atoms with E-state index >= 15 is 0 Å². The molecule has 0 spiro atoms. The molecule has 1 aromatic carbocycles. The van der Waals surface area contributed by atoms with Crippen molar-refractivity contribution in [3.8, 4) is 0 Å².